The van der Waals surface area contributed by atoms with Crippen molar-refractivity contribution in [1.82, 2.24) is 15.3 Å². The highest BCUT2D eigenvalue weighted by molar-refractivity contribution is 5.34. The van der Waals surface area contributed by atoms with Gasteiger partial charge in [-0.25, -0.2) is 9.97 Å². The average Bonchev–Trinajstić information content (AvgIpc) is 2.83. The van der Waals surface area contributed by atoms with E-state index in [9.17, 15) is 13.2 Å². The minimum atomic E-state index is -4.43. The van der Waals surface area contributed by atoms with Crippen LogP contribution in [0.25, 0.3) is 0 Å². The molecule has 0 bridgehead atoms. The zero-order chi connectivity index (χ0) is 15.7. The molecule has 1 fully saturated rings. The summed E-state index contributed by atoms with van der Waals surface area (Å²) in [4.78, 5) is 9.57. The number of alkyl halides is 3. The standard InChI is InChI=1S/C14H21F3N4/c1-13(2,3)19-9-10-5-4-8-21(10)12-18-7-6-11(20-12)14(15,16)17/h6-7,10,19H,4-5,8-9H2,1-3H3. The van der Waals surface area contributed by atoms with Crippen molar-refractivity contribution >= 4 is 5.95 Å². The van der Waals surface area contributed by atoms with Crippen LogP contribution in [0.3, 0.4) is 0 Å². The first-order chi connectivity index (χ1) is 9.67. The van der Waals surface area contributed by atoms with Gasteiger partial charge in [0.05, 0.1) is 0 Å². The summed E-state index contributed by atoms with van der Waals surface area (Å²) in [6.45, 7) is 7.59. The fourth-order valence-electron chi connectivity index (χ4n) is 2.38. The molecule has 4 nitrogen and oxygen atoms in total. The largest absolute Gasteiger partial charge is 0.433 e. The Balaban J connectivity index is 2.13. The second-order valence-corrected chi connectivity index (χ2v) is 6.36. The van der Waals surface area contributed by atoms with Crippen LogP contribution in [0.5, 0.6) is 0 Å². The van der Waals surface area contributed by atoms with Crippen molar-refractivity contribution in [2.45, 2.75) is 51.4 Å². The highest BCUT2D eigenvalue weighted by Gasteiger charge is 2.34. The van der Waals surface area contributed by atoms with E-state index in [0.717, 1.165) is 18.9 Å². The topological polar surface area (TPSA) is 41.0 Å². The molecule has 1 aromatic rings. The van der Waals surface area contributed by atoms with Gasteiger partial charge in [-0.3, -0.25) is 0 Å². The van der Waals surface area contributed by atoms with Gasteiger partial charge in [-0.1, -0.05) is 0 Å². The molecule has 1 atom stereocenters. The summed E-state index contributed by atoms with van der Waals surface area (Å²) in [7, 11) is 0. The Hall–Kier alpha value is -1.37. The molecule has 0 aromatic carbocycles. The van der Waals surface area contributed by atoms with E-state index in [1.165, 1.54) is 6.20 Å². The molecule has 1 aliphatic rings. The molecule has 0 spiro atoms. The molecule has 1 aromatic heterocycles. The smallest absolute Gasteiger partial charge is 0.337 e. The summed E-state index contributed by atoms with van der Waals surface area (Å²) in [6.07, 6.45) is -1.38. The minimum Gasteiger partial charge on any atom is -0.337 e. The van der Waals surface area contributed by atoms with Gasteiger partial charge in [0.25, 0.3) is 0 Å². The number of nitrogens with zero attached hydrogens (tertiary/aromatic N) is 3. The first-order valence-electron chi connectivity index (χ1n) is 7.09. The first-order valence-corrected chi connectivity index (χ1v) is 7.09. The lowest BCUT2D eigenvalue weighted by Crippen LogP contribution is -2.45. The van der Waals surface area contributed by atoms with Crippen LogP contribution in [0, 0.1) is 0 Å². The molecule has 0 saturated carbocycles. The molecule has 1 saturated heterocycles. The van der Waals surface area contributed by atoms with E-state index in [1.54, 1.807) is 0 Å². The highest BCUT2D eigenvalue weighted by Crippen LogP contribution is 2.29. The number of hydrogen-bond donors (Lipinski definition) is 1. The van der Waals surface area contributed by atoms with E-state index < -0.39 is 11.9 Å². The molecule has 0 aliphatic carbocycles. The number of nitrogens with one attached hydrogen (secondary N) is 1. The van der Waals surface area contributed by atoms with Crippen molar-refractivity contribution in [1.29, 1.82) is 0 Å². The number of anilines is 1. The second kappa shape index (κ2) is 5.79. The minimum absolute atomic E-state index is 0.0249. The average molecular weight is 302 g/mol. The maximum Gasteiger partial charge on any atom is 0.433 e. The lowest BCUT2D eigenvalue weighted by atomic mass is 10.1. The van der Waals surface area contributed by atoms with Crippen LogP contribution in [-0.2, 0) is 6.18 Å². The van der Waals surface area contributed by atoms with Crippen molar-refractivity contribution in [2.24, 2.45) is 0 Å². The molecule has 118 valence electrons. The summed E-state index contributed by atoms with van der Waals surface area (Å²) >= 11 is 0. The van der Waals surface area contributed by atoms with Gasteiger partial charge >= 0.3 is 6.18 Å². The predicted molar refractivity (Wildman–Crippen MR) is 75.2 cm³/mol. The van der Waals surface area contributed by atoms with Crippen molar-refractivity contribution < 1.29 is 13.2 Å². The van der Waals surface area contributed by atoms with Gasteiger partial charge in [0.1, 0.15) is 5.69 Å². The zero-order valence-electron chi connectivity index (χ0n) is 12.5. The van der Waals surface area contributed by atoms with Gasteiger partial charge in [0, 0.05) is 30.9 Å². The second-order valence-electron chi connectivity index (χ2n) is 6.36. The number of hydrogen-bond acceptors (Lipinski definition) is 4. The summed E-state index contributed by atoms with van der Waals surface area (Å²) in [6, 6.07) is 1.04. The van der Waals surface area contributed by atoms with Gasteiger partial charge in [0.2, 0.25) is 5.95 Å². The maximum atomic E-state index is 12.7. The maximum absolute atomic E-state index is 12.7. The van der Waals surface area contributed by atoms with Crippen LogP contribution >= 0.6 is 0 Å². The Labute approximate surface area is 122 Å². The summed E-state index contributed by atoms with van der Waals surface area (Å²) in [5.41, 5.74) is -0.912. The Morgan fingerprint density at radius 3 is 2.67 bits per heavy atom. The van der Waals surface area contributed by atoms with E-state index in [2.05, 4.69) is 36.1 Å². The monoisotopic (exact) mass is 302 g/mol. The van der Waals surface area contributed by atoms with Gasteiger partial charge in [-0.15, -0.1) is 0 Å². The third-order valence-corrected chi connectivity index (χ3v) is 3.44. The van der Waals surface area contributed by atoms with E-state index in [1.807, 2.05) is 4.90 Å². The van der Waals surface area contributed by atoms with Crippen molar-refractivity contribution in [3.05, 3.63) is 18.0 Å². The molecule has 7 heteroatoms. The van der Waals surface area contributed by atoms with Crippen LogP contribution in [0.2, 0.25) is 0 Å². The third-order valence-electron chi connectivity index (χ3n) is 3.44. The fraction of sp³-hybridized carbons (Fsp3) is 0.714. The fourth-order valence-corrected chi connectivity index (χ4v) is 2.38. The van der Waals surface area contributed by atoms with Gasteiger partial charge in [-0.05, 0) is 39.7 Å². The molecule has 0 amide bonds. The van der Waals surface area contributed by atoms with Crippen LogP contribution < -0.4 is 10.2 Å². The number of halogens is 3. The molecule has 2 rings (SSSR count). The predicted octanol–water partition coefficient (Wildman–Crippen LogP) is 2.85. The highest BCUT2D eigenvalue weighted by atomic mass is 19.4. The van der Waals surface area contributed by atoms with Gasteiger partial charge in [-0.2, -0.15) is 13.2 Å². The van der Waals surface area contributed by atoms with Crippen molar-refractivity contribution in [3.8, 4) is 0 Å². The first kappa shape index (κ1) is 16.0. The quantitative estimate of drug-likeness (QED) is 0.932. The SMILES string of the molecule is CC(C)(C)NCC1CCCN1c1nccc(C(F)(F)F)n1. The van der Waals surface area contributed by atoms with E-state index >= 15 is 0 Å². The number of aromatic nitrogens is 2. The summed E-state index contributed by atoms with van der Waals surface area (Å²) in [5, 5.41) is 3.39. The lowest BCUT2D eigenvalue weighted by Gasteiger charge is -2.29. The normalized spacial score (nSPS) is 20.1. The summed E-state index contributed by atoms with van der Waals surface area (Å²) in [5.74, 6) is 0.169. The van der Waals surface area contributed by atoms with Gasteiger partial charge < -0.3 is 10.2 Å². The molecule has 1 N–H and O–H groups in total. The van der Waals surface area contributed by atoms with E-state index in [-0.39, 0.29) is 17.5 Å². The summed E-state index contributed by atoms with van der Waals surface area (Å²) < 4.78 is 38.2. The molecule has 1 unspecified atom stereocenters. The Morgan fingerprint density at radius 2 is 2.05 bits per heavy atom. The van der Waals surface area contributed by atoms with E-state index in [0.29, 0.717) is 13.1 Å². The van der Waals surface area contributed by atoms with Gasteiger partial charge in [0.15, 0.2) is 0 Å². The van der Waals surface area contributed by atoms with Crippen molar-refractivity contribution in [2.75, 3.05) is 18.0 Å². The molecule has 1 aliphatic heterocycles. The third kappa shape index (κ3) is 4.30. The Bertz CT molecular complexity index is 482. The molecule has 21 heavy (non-hydrogen) atoms. The molecular weight excluding hydrogens is 281 g/mol. The van der Waals surface area contributed by atoms with E-state index in [4.69, 9.17) is 0 Å². The molecular formula is C14H21F3N4. The Kier molecular flexibility index (Phi) is 4.41. The zero-order valence-corrected chi connectivity index (χ0v) is 12.5. The van der Waals surface area contributed by atoms with Crippen molar-refractivity contribution in [3.63, 3.8) is 0 Å². The molecule has 2 heterocycles. The Morgan fingerprint density at radius 1 is 1.33 bits per heavy atom. The van der Waals surface area contributed by atoms with Crippen LogP contribution in [0.4, 0.5) is 19.1 Å². The molecule has 0 radical (unpaired) electrons. The van der Waals surface area contributed by atoms with Crippen LogP contribution in [0.15, 0.2) is 12.3 Å². The van der Waals surface area contributed by atoms with Crippen LogP contribution in [-0.4, -0.2) is 34.6 Å². The van der Waals surface area contributed by atoms with Crippen LogP contribution in [0.1, 0.15) is 39.3 Å². The number of rotatable bonds is 3. The lowest BCUT2D eigenvalue weighted by molar-refractivity contribution is -0.141.